The Balaban J connectivity index is 2.43. The Morgan fingerprint density at radius 1 is 1.38 bits per heavy atom. The molecule has 0 aromatic heterocycles. The van der Waals surface area contributed by atoms with Crippen LogP contribution in [0, 0.1) is 0 Å². The van der Waals surface area contributed by atoms with Gasteiger partial charge in [-0.25, -0.2) is 0 Å². The smallest absolute Gasteiger partial charge is 0.251 e. The summed E-state index contributed by atoms with van der Waals surface area (Å²) < 4.78 is 10.9. The highest BCUT2D eigenvalue weighted by Gasteiger charge is 2.17. The molecule has 86 valence electrons. The minimum atomic E-state index is -0.197. The maximum atomic E-state index is 11.5. The van der Waals surface area contributed by atoms with Crippen molar-refractivity contribution in [2.45, 2.75) is 6.42 Å². The summed E-state index contributed by atoms with van der Waals surface area (Å²) in [5.74, 6) is 0.855. The Kier molecular flexibility index (Phi) is 3.19. The number of nitrogens with one attached hydrogen (secondary N) is 1. The summed E-state index contributed by atoms with van der Waals surface area (Å²) in [6, 6.07) is 3.22. The van der Waals surface area contributed by atoms with E-state index in [1.54, 1.807) is 19.2 Å². The van der Waals surface area contributed by atoms with E-state index in [9.17, 15) is 4.79 Å². The predicted octanol–water partition coefficient (Wildman–Crippen LogP) is 1.86. The summed E-state index contributed by atoms with van der Waals surface area (Å²) >= 11 is 6.04. The Morgan fingerprint density at radius 2 is 2.12 bits per heavy atom. The first kappa shape index (κ1) is 11.1. The van der Waals surface area contributed by atoms with E-state index >= 15 is 0 Å². The first-order valence-corrected chi connectivity index (χ1v) is 5.41. The van der Waals surface area contributed by atoms with Crippen molar-refractivity contribution in [2.24, 2.45) is 0 Å². The van der Waals surface area contributed by atoms with E-state index in [4.69, 9.17) is 21.1 Å². The van der Waals surface area contributed by atoms with E-state index in [0.29, 0.717) is 35.3 Å². The lowest BCUT2D eigenvalue weighted by atomic mass is 10.2. The number of rotatable bonds is 1. The molecule has 0 fully saturated rings. The van der Waals surface area contributed by atoms with Crippen LogP contribution < -0.4 is 14.8 Å². The van der Waals surface area contributed by atoms with Crippen molar-refractivity contribution in [1.82, 2.24) is 5.32 Å². The van der Waals surface area contributed by atoms with Gasteiger partial charge in [0.1, 0.15) is 0 Å². The number of ether oxygens (including phenoxy) is 2. The van der Waals surface area contributed by atoms with Crippen LogP contribution in [0.5, 0.6) is 11.5 Å². The van der Waals surface area contributed by atoms with Crippen LogP contribution in [-0.4, -0.2) is 26.2 Å². The second kappa shape index (κ2) is 4.61. The average Bonchev–Trinajstić information content (AvgIpc) is 2.53. The molecule has 5 heteroatoms. The highest BCUT2D eigenvalue weighted by atomic mass is 35.5. The summed E-state index contributed by atoms with van der Waals surface area (Å²) in [6.07, 6.45) is 0.806. The SMILES string of the molecule is CNC(=O)c1cc(Cl)c2c(c1)OCCCO2. The molecule has 16 heavy (non-hydrogen) atoms. The van der Waals surface area contributed by atoms with Gasteiger partial charge in [0.05, 0.1) is 18.2 Å². The van der Waals surface area contributed by atoms with Crippen LogP contribution >= 0.6 is 11.6 Å². The van der Waals surface area contributed by atoms with Gasteiger partial charge in [0.2, 0.25) is 0 Å². The molecular weight excluding hydrogens is 230 g/mol. The van der Waals surface area contributed by atoms with Crippen LogP contribution in [0.15, 0.2) is 12.1 Å². The van der Waals surface area contributed by atoms with Gasteiger partial charge in [-0.15, -0.1) is 0 Å². The lowest BCUT2D eigenvalue weighted by molar-refractivity contribution is 0.0962. The highest BCUT2D eigenvalue weighted by Crippen LogP contribution is 2.37. The average molecular weight is 242 g/mol. The van der Waals surface area contributed by atoms with Crippen LogP contribution in [0.25, 0.3) is 0 Å². The summed E-state index contributed by atoms with van der Waals surface area (Å²) in [5, 5.41) is 2.94. The molecular formula is C11H12ClNO3. The molecule has 1 aliphatic rings. The number of amides is 1. The molecule has 4 nitrogen and oxygen atoms in total. The molecule has 0 atom stereocenters. The van der Waals surface area contributed by atoms with Crippen molar-refractivity contribution in [3.8, 4) is 11.5 Å². The molecule has 0 spiro atoms. The molecule has 0 unspecified atom stereocenters. The zero-order valence-electron chi connectivity index (χ0n) is 8.88. The second-order valence-electron chi connectivity index (χ2n) is 3.41. The van der Waals surface area contributed by atoms with E-state index in [1.165, 1.54) is 0 Å². The standard InChI is InChI=1S/C11H12ClNO3/c1-13-11(14)7-5-8(12)10-9(6-7)15-3-2-4-16-10/h5-6H,2-4H2,1H3,(H,13,14). The van der Waals surface area contributed by atoms with E-state index in [1.807, 2.05) is 0 Å². The number of halogens is 1. The zero-order chi connectivity index (χ0) is 11.5. The van der Waals surface area contributed by atoms with Gasteiger partial charge in [-0.3, -0.25) is 4.79 Å². The fourth-order valence-corrected chi connectivity index (χ4v) is 1.77. The Morgan fingerprint density at radius 3 is 2.88 bits per heavy atom. The van der Waals surface area contributed by atoms with Gasteiger partial charge in [-0.05, 0) is 12.1 Å². The van der Waals surface area contributed by atoms with Crippen LogP contribution in [0.2, 0.25) is 5.02 Å². The molecule has 1 amide bonds. The van der Waals surface area contributed by atoms with Gasteiger partial charge in [0.25, 0.3) is 5.91 Å². The van der Waals surface area contributed by atoms with E-state index in [-0.39, 0.29) is 5.91 Å². The monoisotopic (exact) mass is 241 g/mol. The summed E-state index contributed by atoms with van der Waals surface area (Å²) in [7, 11) is 1.57. The van der Waals surface area contributed by atoms with Crippen molar-refractivity contribution >= 4 is 17.5 Å². The summed E-state index contributed by atoms with van der Waals surface area (Å²) in [5.41, 5.74) is 0.469. The third kappa shape index (κ3) is 2.07. The van der Waals surface area contributed by atoms with Crippen LogP contribution in [-0.2, 0) is 0 Å². The molecule has 0 saturated carbocycles. The van der Waals surface area contributed by atoms with Gasteiger partial charge in [0.15, 0.2) is 11.5 Å². The van der Waals surface area contributed by atoms with Crippen molar-refractivity contribution in [2.75, 3.05) is 20.3 Å². The van der Waals surface area contributed by atoms with Crippen molar-refractivity contribution in [1.29, 1.82) is 0 Å². The molecule has 0 radical (unpaired) electrons. The number of carbonyl (C=O) groups is 1. The van der Waals surface area contributed by atoms with Crippen molar-refractivity contribution < 1.29 is 14.3 Å². The topological polar surface area (TPSA) is 47.6 Å². The number of hydrogen-bond acceptors (Lipinski definition) is 3. The molecule has 1 N–H and O–H groups in total. The molecule has 1 aromatic carbocycles. The molecule has 0 bridgehead atoms. The molecule has 0 saturated heterocycles. The summed E-state index contributed by atoms with van der Waals surface area (Å²) in [4.78, 5) is 11.5. The Bertz CT molecular complexity index is 420. The van der Waals surface area contributed by atoms with Crippen LogP contribution in [0.3, 0.4) is 0 Å². The van der Waals surface area contributed by atoms with Gasteiger partial charge >= 0.3 is 0 Å². The minimum Gasteiger partial charge on any atom is -0.489 e. The Labute approximate surface area is 98.5 Å². The first-order chi connectivity index (χ1) is 7.72. The maximum Gasteiger partial charge on any atom is 0.251 e. The molecule has 0 aliphatic carbocycles. The fraction of sp³-hybridized carbons (Fsp3) is 0.364. The van der Waals surface area contributed by atoms with Crippen molar-refractivity contribution in [3.05, 3.63) is 22.7 Å². The zero-order valence-corrected chi connectivity index (χ0v) is 9.63. The number of benzene rings is 1. The number of fused-ring (bicyclic) bond motifs is 1. The lowest BCUT2D eigenvalue weighted by Gasteiger charge is -2.10. The lowest BCUT2D eigenvalue weighted by Crippen LogP contribution is -2.17. The highest BCUT2D eigenvalue weighted by molar-refractivity contribution is 6.32. The molecule has 2 rings (SSSR count). The Hall–Kier alpha value is -1.42. The van der Waals surface area contributed by atoms with Gasteiger partial charge in [-0.2, -0.15) is 0 Å². The summed E-state index contributed by atoms with van der Waals surface area (Å²) in [6.45, 7) is 1.15. The fourth-order valence-electron chi connectivity index (χ4n) is 1.51. The third-order valence-electron chi connectivity index (χ3n) is 2.29. The van der Waals surface area contributed by atoms with E-state index < -0.39 is 0 Å². The third-order valence-corrected chi connectivity index (χ3v) is 2.57. The van der Waals surface area contributed by atoms with Crippen LogP contribution in [0.1, 0.15) is 16.8 Å². The van der Waals surface area contributed by atoms with E-state index in [2.05, 4.69) is 5.32 Å². The molecule has 1 aromatic rings. The molecule has 1 aliphatic heterocycles. The first-order valence-electron chi connectivity index (χ1n) is 5.03. The molecule has 1 heterocycles. The second-order valence-corrected chi connectivity index (χ2v) is 3.82. The van der Waals surface area contributed by atoms with E-state index in [0.717, 1.165) is 6.42 Å². The minimum absolute atomic E-state index is 0.197. The quantitative estimate of drug-likeness (QED) is 0.817. The van der Waals surface area contributed by atoms with Gasteiger partial charge < -0.3 is 14.8 Å². The largest absolute Gasteiger partial charge is 0.489 e. The maximum absolute atomic E-state index is 11.5. The van der Waals surface area contributed by atoms with Gasteiger partial charge in [0, 0.05) is 19.0 Å². The van der Waals surface area contributed by atoms with Crippen LogP contribution in [0.4, 0.5) is 0 Å². The predicted molar refractivity (Wildman–Crippen MR) is 60.4 cm³/mol. The number of hydrogen-bond donors (Lipinski definition) is 1. The van der Waals surface area contributed by atoms with Crippen molar-refractivity contribution in [3.63, 3.8) is 0 Å². The normalized spacial score (nSPS) is 14.1. The van der Waals surface area contributed by atoms with Gasteiger partial charge in [-0.1, -0.05) is 11.6 Å². The number of carbonyl (C=O) groups excluding carboxylic acids is 1.